The molecule has 0 spiro atoms. The van der Waals surface area contributed by atoms with Crippen LogP contribution in [0, 0.1) is 5.41 Å². The Kier molecular flexibility index (Phi) is 5.50. The number of fused-ring (bicyclic) bond motifs is 1. The summed E-state index contributed by atoms with van der Waals surface area (Å²) in [7, 11) is 1.59. The molecule has 0 unspecified atom stereocenters. The fourth-order valence-electron chi connectivity index (χ4n) is 3.41. The predicted molar refractivity (Wildman–Crippen MR) is 125 cm³/mol. The number of nitrogens with two attached hydrogens (primary N) is 1. The van der Waals surface area contributed by atoms with E-state index in [0.717, 1.165) is 26.1 Å². The zero-order chi connectivity index (χ0) is 21.1. The van der Waals surface area contributed by atoms with Crippen LogP contribution in [0.1, 0.15) is 11.1 Å². The van der Waals surface area contributed by atoms with Gasteiger partial charge in [-0.25, -0.2) is 0 Å². The largest absolute Gasteiger partial charge is 0.496 e. The maximum Gasteiger partial charge on any atom is 0.228 e. The quantitative estimate of drug-likeness (QED) is 0.293. The van der Waals surface area contributed by atoms with E-state index in [-0.39, 0.29) is 12.3 Å². The Bertz CT molecular complexity index is 1210. The fraction of sp³-hybridized carbons (Fsp3) is 0.0833. The lowest BCUT2D eigenvalue weighted by Gasteiger charge is -2.13. The van der Waals surface area contributed by atoms with Crippen molar-refractivity contribution in [2.45, 2.75) is 6.42 Å². The third-order valence-corrected chi connectivity index (χ3v) is 6.04. The molecule has 0 aliphatic heterocycles. The van der Waals surface area contributed by atoms with Crippen LogP contribution < -0.4 is 15.8 Å². The van der Waals surface area contributed by atoms with Crippen molar-refractivity contribution in [3.63, 3.8) is 0 Å². The molecule has 0 radical (unpaired) electrons. The first-order valence-corrected chi connectivity index (χ1v) is 10.3. The van der Waals surface area contributed by atoms with Crippen molar-refractivity contribution in [1.29, 1.82) is 5.41 Å². The number of nitrogens with one attached hydrogen (secondary N) is 2. The average Bonchev–Trinajstić information content (AvgIpc) is 3.19. The van der Waals surface area contributed by atoms with Crippen LogP contribution in [0.3, 0.4) is 0 Å². The average molecular weight is 416 g/mol. The molecule has 1 heterocycles. The lowest BCUT2D eigenvalue weighted by molar-refractivity contribution is -0.115. The maximum absolute atomic E-state index is 12.7. The van der Waals surface area contributed by atoms with Crippen molar-refractivity contribution in [1.82, 2.24) is 0 Å². The van der Waals surface area contributed by atoms with Crippen molar-refractivity contribution in [2.24, 2.45) is 0 Å². The summed E-state index contributed by atoms with van der Waals surface area (Å²) in [6, 6.07) is 21.2. The van der Waals surface area contributed by atoms with Crippen LogP contribution in [0.2, 0.25) is 0 Å². The molecule has 0 bridgehead atoms. The van der Waals surface area contributed by atoms with Crippen LogP contribution in [0.15, 0.2) is 66.7 Å². The van der Waals surface area contributed by atoms with E-state index in [2.05, 4.69) is 23.5 Å². The second-order valence-electron chi connectivity index (χ2n) is 6.86. The Labute approximate surface area is 178 Å². The van der Waals surface area contributed by atoms with Gasteiger partial charge in [-0.05, 0) is 35.7 Å². The second-order valence-corrected chi connectivity index (χ2v) is 7.94. The molecule has 5 nitrogen and oxygen atoms in total. The number of carbonyl (C=O) groups is 1. The lowest BCUT2D eigenvalue weighted by atomic mass is 10.0. The van der Waals surface area contributed by atoms with E-state index in [9.17, 15) is 4.79 Å². The third-order valence-electron chi connectivity index (χ3n) is 4.89. The van der Waals surface area contributed by atoms with Gasteiger partial charge in [0.15, 0.2) is 0 Å². The van der Waals surface area contributed by atoms with Crippen LogP contribution in [0.4, 0.5) is 11.4 Å². The summed E-state index contributed by atoms with van der Waals surface area (Å²) in [5.41, 5.74) is 9.66. The summed E-state index contributed by atoms with van der Waals surface area (Å²) in [4.78, 5) is 13.7. The molecule has 3 aromatic carbocycles. The topological polar surface area (TPSA) is 88.2 Å². The molecule has 6 heteroatoms. The summed E-state index contributed by atoms with van der Waals surface area (Å²) >= 11 is 1.63. The van der Waals surface area contributed by atoms with Crippen molar-refractivity contribution in [2.75, 3.05) is 18.2 Å². The van der Waals surface area contributed by atoms with Crippen molar-refractivity contribution < 1.29 is 9.53 Å². The Hall–Kier alpha value is -3.64. The normalized spacial score (nSPS) is 10.7. The molecule has 0 fully saturated rings. The monoisotopic (exact) mass is 415 g/mol. The van der Waals surface area contributed by atoms with Crippen LogP contribution >= 0.6 is 11.3 Å². The van der Waals surface area contributed by atoms with Crippen molar-refractivity contribution in [3.8, 4) is 16.2 Å². The highest BCUT2D eigenvalue weighted by molar-refractivity contribution is 7.22. The van der Waals surface area contributed by atoms with Gasteiger partial charge in [-0.2, -0.15) is 0 Å². The van der Waals surface area contributed by atoms with Gasteiger partial charge in [0.1, 0.15) is 5.75 Å². The summed E-state index contributed by atoms with van der Waals surface area (Å²) in [5, 5.41) is 11.8. The first kappa shape index (κ1) is 19.7. The van der Waals surface area contributed by atoms with Gasteiger partial charge in [0.05, 0.1) is 13.5 Å². The molecule has 150 valence electrons. The number of benzene rings is 3. The SMILES string of the molecule is COc1ccccc1CC(=O)Nc1cc(C=N)c(N)c(-c2cc3ccccc3s2)c1. The van der Waals surface area contributed by atoms with E-state index in [0.29, 0.717) is 22.7 Å². The number of nitrogen functional groups attached to an aromatic ring is 1. The van der Waals surface area contributed by atoms with Crippen LogP contribution in [0.5, 0.6) is 5.75 Å². The van der Waals surface area contributed by atoms with Crippen LogP contribution in [-0.2, 0) is 11.2 Å². The Balaban J connectivity index is 1.66. The van der Waals surface area contributed by atoms with Gasteiger partial charge < -0.3 is 21.2 Å². The highest BCUT2D eigenvalue weighted by atomic mass is 32.1. The number of methoxy groups -OCH3 is 1. The molecule has 4 rings (SSSR count). The van der Waals surface area contributed by atoms with Crippen molar-refractivity contribution >= 4 is 44.9 Å². The summed E-state index contributed by atoms with van der Waals surface area (Å²) < 4.78 is 6.49. The molecule has 0 aliphatic rings. The first-order valence-electron chi connectivity index (χ1n) is 9.43. The second kappa shape index (κ2) is 8.39. The minimum absolute atomic E-state index is 0.164. The summed E-state index contributed by atoms with van der Waals surface area (Å²) in [6.45, 7) is 0. The van der Waals surface area contributed by atoms with Gasteiger partial charge in [-0.15, -0.1) is 11.3 Å². The molecule has 0 aliphatic carbocycles. The van der Waals surface area contributed by atoms with Gasteiger partial charge in [-0.3, -0.25) is 4.79 Å². The van der Waals surface area contributed by atoms with Gasteiger partial charge in [-0.1, -0.05) is 36.4 Å². The molecule has 4 aromatic rings. The zero-order valence-electron chi connectivity index (χ0n) is 16.4. The number of hydrogen-bond acceptors (Lipinski definition) is 5. The van der Waals surface area contributed by atoms with Crippen LogP contribution in [-0.4, -0.2) is 19.2 Å². The van der Waals surface area contributed by atoms with Gasteiger partial charge >= 0.3 is 0 Å². The molecule has 0 saturated carbocycles. The molecule has 4 N–H and O–H groups in total. The lowest BCUT2D eigenvalue weighted by Crippen LogP contribution is -2.15. The third kappa shape index (κ3) is 3.90. The molecular weight excluding hydrogens is 394 g/mol. The van der Waals surface area contributed by atoms with E-state index in [1.807, 2.05) is 42.5 Å². The number of thiophene rings is 1. The fourth-order valence-corrected chi connectivity index (χ4v) is 4.51. The predicted octanol–water partition coefficient (Wildman–Crippen LogP) is 5.34. The van der Waals surface area contributed by atoms with E-state index in [4.69, 9.17) is 15.9 Å². The van der Waals surface area contributed by atoms with Gasteiger partial charge in [0.25, 0.3) is 0 Å². The number of anilines is 2. The highest BCUT2D eigenvalue weighted by Gasteiger charge is 2.14. The van der Waals surface area contributed by atoms with Gasteiger partial charge in [0, 0.05) is 43.9 Å². The zero-order valence-corrected chi connectivity index (χ0v) is 17.3. The van der Waals surface area contributed by atoms with E-state index in [1.165, 1.54) is 6.21 Å². The van der Waals surface area contributed by atoms with Crippen molar-refractivity contribution in [3.05, 3.63) is 77.9 Å². The number of rotatable bonds is 6. The smallest absolute Gasteiger partial charge is 0.228 e. The number of amides is 1. The molecule has 0 saturated heterocycles. The number of ether oxygens (including phenoxy) is 1. The molecule has 30 heavy (non-hydrogen) atoms. The summed E-state index contributed by atoms with van der Waals surface area (Å²) in [5.74, 6) is 0.513. The standard InChI is InChI=1S/C24H21N3O2S/c1-29-20-8-4-2-6-15(20)12-23(28)27-18-10-17(14-25)24(26)19(13-18)22-11-16-7-3-5-9-21(16)30-22/h2-11,13-14,25H,12,26H2,1H3,(H,27,28). The van der Waals surface area contributed by atoms with Crippen LogP contribution in [0.25, 0.3) is 20.5 Å². The molecule has 1 amide bonds. The molecule has 1 aromatic heterocycles. The number of carbonyl (C=O) groups excluding carboxylic acids is 1. The van der Waals surface area contributed by atoms with E-state index in [1.54, 1.807) is 24.5 Å². The Morgan fingerprint density at radius 2 is 1.90 bits per heavy atom. The summed E-state index contributed by atoms with van der Waals surface area (Å²) in [6.07, 6.45) is 1.40. The van der Waals surface area contributed by atoms with E-state index < -0.39 is 0 Å². The minimum atomic E-state index is -0.164. The highest BCUT2D eigenvalue weighted by Crippen LogP contribution is 2.39. The minimum Gasteiger partial charge on any atom is -0.496 e. The number of para-hydroxylation sites is 1. The van der Waals surface area contributed by atoms with Gasteiger partial charge in [0.2, 0.25) is 5.91 Å². The molecule has 0 atom stereocenters. The first-order chi connectivity index (χ1) is 14.6. The van der Waals surface area contributed by atoms with E-state index >= 15 is 0 Å². The Morgan fingerprint density at radius 3 is 2.67 bits per heavy atom. The Morgan fingerprint density at radius 1 is 1.13 bits per heavy atom. The molecular formula is C24H21N3O2S. The maximum atomic E-state index is 12.7. The number of hydrogen-bond donors (Lipinski definition) is 3.